The SMILES string of the molecule is CCCNC(CCOCCC)Cc1ccc(F)cc1Br. The van der Waals surface area contributed by atoms with Gasteiger partial charge in [-0.25, -0.2) is 4.39 Å². The fourth-order valence-corrected chi connectivity index (χ4v) is 2.56. The van der Waals surface area contributed by atoms with Gasteiger partial charge in [0.2, 0.25) is 0 Å². The van der Waals surface area contributed by atoms with Crippen molar-refractivity contribution in [3.8, 4) is 0 Å². The molecule has 4 heteroatoms. The predicted molar refractivity (Wildman–Crippen MR) is 85.6 cm³/mol. The van der Waals surface area contributed by atoms with Crippen LogP contribution in [-0.4, -0.2) is 25.8 Å². The summed E-state index contributed by atoms with van der Waals surface area (Å²) in [5.74, 6) is -0.204. The van der Waals surface area contributed by atoms with Crippen LogP contribution < -0.4 is 5.32 Å². The molecule has 1 unspecified atom stereocenters. The van der Waals surface area contributed by atoms with E-state index < -0.39 is 0 Å². The summed E-state index contributed by atoms with van der Waals surface area (Å²) in [6.07, 6.45) is 4.02. The Morgan fingerprint density at radius 1 is 1.25 bits per heavy atom. The molecule has 0 bridgehead atoms. The molecule has 114 valence electrons. The second-order valence-corrected chi connectivity index (χ2v) is 5.85. The molecular formula is C16H25BrFNO. The first kappa shape index (κ1) is 17.6. The normalized spacial score (nSPS) is 12.6. The number of hydrogen-bond donors (Lipinski definition) is 1. The monoisotopic (exact) mass is 345 g/mol. The summed E-state index contributed by atoms with van der Waals surface area (Å²) < 4.78 is 19.5. The lowest BCUT2D eigenvalue weighted by Crippen LogP contribution is -2.33. The predicted octanol–water partition coefficient (Wildman–Crippen LogP) is 4.32. The van der Waals surface area contributed by atoms with Crippen molar-refractivity contribution < 1.29 is 9.13 Å². The molecule has 0 spiro atoms. The van der Waals surface area contributed by atoms with Gasteiger partial charge in [0.15, 0.2) is 0 Å². The summed E-state index contributed by atoms with van der Waals surface area (Å²) in [7, 11) is 0. The van der Waals surface area contributed by atoms with Gasteiger partial charge in [-0.3, -0.25) is 0 Å². The van der Waals surface area contributed by atoms with Crippen molar-refractivity contribution in [2.75, 3.05) is 19.8 Å². The highest BCUT2D eigenvalue weighted by molar-refractivity contribution is 9.10. The fraction of sp³-hybridized carbons (Fsp3) is 0.625. The lowest BCUT2D eigenvalue weighted by Gasteiger charge is -2.19. The average molecular weight is 346 g/mol. The standard InChI is InChI=1S/C16H25BrFNO/c1-3-8-19-15(7-10-20-9-4-2)11-13-5-6-14(18)12-16(13)17/h5-6,12,15,19H,3-4,7-11H2,1-2H3. The lowest BCUT2D eigenvalue weighted by atomic mass is 10.0. The van der Waals surface area contributed by atoms with E-state index in [1.165, 1.54) is 12.1 Å². The van der Waals surface area contributed by atoms with E-state index in [0.29, 0.717) is 6.04 Å². The smallest absolute Gasteiger partial charge is 0.124 e. The van der Waals surface area contributed by atoms with Gasteiger partial charge in [-0.2, -0.15) is 0 Å². The summed E-state index contributed by atoms with van der Waals surface area (Å²) in [5, 5.41) is 3.54. The summed E-state index contributed by atoms with van der Waals surface area (Å²) in [5.41, 5.74) is 1.13. The van der Waals surface area contributed by atoms with Gasteiger partial charge in [0.05, 0.1) is 0 Å². The highest BCUT2D eigenvalue weighted by atomic mass is 79.9. The minimum atomic E-state index is -0.204. The minimum Gasteiger partial charge on any atom is -0.381 e. The lowest BCUT2D eigenvalue weighted by molar-refractivity contribution is 0.124. The summed E-state index contributed by atoms with van der Waals surface area (Å²) in [4.78, 5) is 0. The molecular weight excluding hydrogens is 321 g/mol. The second kappa shape index (κ2) is 10.3. The molecule has 1 aromatic rings. The molecule has 0 amide bonds. The molecule has 1 atom stereocenters. The van der Waals surface area contributed by atoms with Crippen LogP contribution in [0.5, 0.6) is 0 Å². The van der Waals surface area contributed by atoms with Gasteiger partial charge in [0.1, 0.15) is 5.82 Å². The van der Waals surface area contributed by atoms with Crippen LogP contribution in [0.15, 0.2) is 22.7 Å². The molecule has 0 aliphatic carbocycles. The summed E-state index contributed by atoms with van der Waals surface area (Å²) >= 11 is 3.44. The molecule has 0 aromatic heterocycles. The minimum absolute atomic E-state index is 0.204. The number of hydrogen-bond acceptors (Lipinski definition) is 2. The Morgan fingerprint density at radius 3 is 2.70 bits per heavy atom. The van der Waals surface area contributed by atoms with Crippen molar-refractivity contribution >= 4 is 15.9 Å². The van der Waals surface area contributed by atoms with Crippen LogP contribution in [0, 0.1) is 5.82 Å². The Labute approximate surface area is 130 Å². The Morgan fingerprint density at radius 2 is 2.05 bits per heavy atom. The molecule has 0 fully saturated rings. The van der Waals surface area contributed by atoms with E-state index in [1.54, 1.807) is 0 Å². The first-order chi connectivity index (χ1) is 9.67. The van der Waals surface area contributed by atoms with Crippen molar-refractivity contribution in [3.63, 3.8) is 0 Å². The zero-order chi connectivity index (χ0) is 14.8. The molecule has 0 saturated heterocycles. The number of ether oxygens (including phenoxy) is 1. The zero-order valence-electron chi connectivity index (χ0n) is 12.4. The molecule has 0 saturated carbocycles. The van der Waals surface area contributed by atoms with Gasteiger partial charge in [-0.1, -0.05) is 35.8 Å². The Kier molecular flexibility index (Phi) is 9.07. The Balaban J connectivity index is 2.53. The van der Waals surface area contributed by atoms with Gasteiger partial charge < -0.3 is 10.1 Å². The van der Waals surface area contributed by atoms with E-state index in [2.05, 4.69) is 35.1 Å². The van der Waals surface area contributed by atoms with Crippen LogP contribution in [0.3, 0.4) is 0 Å². The molecule has 0 aliphatic heterocycles. The molecule has 0 heterocycles. The maximum absolute atomic E-state index is 13.1. The molecule has 1 aromatic carbocycles. The number of rotatable bonds is 10. The average Bonchev–Trinajstić information content (AvgIpc) is 2.43. The van der Waals surface area contributed by atoms with Gasteiger partial charge in [0, 0.05) is 23.7 Å². The molecule has 1 rings (SSSR count). The third-order valence-corrected chi connectivity index (χ3v) is 3.86. The first-order valence-corrected chi connectivity index (χ1v) is 8.21. The number of benzene rings is 1. The van der Waals surface area contributed by atoms with Gasteiger partial charge in [0.25, 0.3) is 0 Å². The zero-order valence-corrected chi connectivity index (χ0v) is 14.0. The maximum Gasteiger partial charge on any atom is 0.124 e. The van der Waals surface area contributed by atoms with Crippen LogP contribution in [0.2, 0.25) is 0 Å². The third kappa shape index (κ3) is 6.82. The van der Waals surface area contributed by atoms with E-state index in [0.717, 1.165) is 55.5 Å². The van der Waals surface area contributed by atoms with E-state index in [1.807, 2.05) is 6.07 Å². The molecule has 2 nitrogen and oxygen atoms in total. The molecule has 0 aliphatic rings. The maximum atomic E-state index is 13.1. The highest BCUT2D eigenvalue weighted by Crippen LogP contribution is 2.20. The Bertz CT molecular complexity index is 387. The highest BCUT2D eigenvalue weighted by Gasteiger charge is 2.11. The Hall–Kier alpha value is -0.450. The van der Waals surface area contributed by atoms with Crippen LogP contribution in [0.25, 0.3) is 0 Å². The molecule has 0 radical (unpaired) electrons. The number of nitrogens with one attached hydrogen (secondary N) is 1. The first-order valence-electron chi connectivity index (χ1n) is 7.42. The van der Waals surface area contributed by atoms with Crippen molar-refractivity contribution in [1.82, 2.24) is 5.32 Å². The summed E-state index contributed by atoms with van der Waals surface area (Å²) in [6, 6.07) is 5.27. The van der Waals surface area contributed by atoms with Crippen molar-refractivity contribution in [2.24, 2.45) is 0 Å². The molecule has 1 N–H and O–H groups in total. The third-order valence-electron chi connectivity index (χ3n) is 3.12. The van der Waals surface area contributed by atoms with E-state index in [-0.39, 0.29) is 5.82 Å². The summed E-state index contributed by atoms with van der Waals surface area (Å²) in [6.45, 7) is 6.86. The van der Waals surface area contributed by atoms with E-state index in [4.69, 9.17) is 4.74 Å². The van der Waals surface area contributed by atoms with Gasteiger partial charge >= 0.3 is 0 Å². The van der Waals surface area contributed by atoms with Crippen LogP contribution in [-0.2, 0) is 11.2 Å². The fourth-order valence-electron chi connectivity index (χ4n) is 2.05. The van der Waals surface area contributed by atoms with Gasteiger partial charge in [-0.15, -0.1) is 0 Å². The molecule has 20 heavy (non-hydrogen) atoms. The van der Waals surface area contributed by atoms with Crippen LogP contribution in [0.4, 0.5) is 4.39 Å². The van der Waals surface area contributed by atoms with Crippen LogP contribution in [0.1, 0.15) is 38.7 Å². The van der Waals surface area contributed by atoms with Crippen molar-refractivity contribution in [1.29, 1.82) is 0 Å². The van der Waals surface area contributed by atoms with Gasteiger partial charge in [-0.05, 0) is 49.9 Å². The van der Waals surface area contributed by atoms with Crippen molar-refractivity contribution in [3.05, 3.63) is 34.1 Å². The van der Waals surface area contributed by atoms with E-state index in [9.17, 15) is 4.39 Å². The van der Waals surface area contributed by atoms with Crippen LogP contribution >= 0.6 is 15.9 Å². The van der Waals surface area contributed by atoms with Crippen molar-refractivity contribution in [2.45, 2.75) is 45.6 Å². The second-order valence-electron chi connectivity index (χ2n) is 4.99. The quantitative estimate of drug-likeness (QED) is 0.637. The van der Waals surface area contributed by atoms with E-state index >= 15 is 0 Å². The largest absolute Gasteiger partial charge is 0.381 e. The topological polar surface area (TPSA) is 21.3 Å². The number of halogens is 2.